The fourth-order valence-electron chi connectivity index (χ4n) is 1.96. The first kappa shape index (κ1) is 14.4. The average Bonchev–Trinajstić information content (AvgIpc) is 2.44. The summed E-state index contributed by atoms with van der Waals surface area (Å²) in [5, 5.41) is 3.20. The lowest BCUT2D eigenvalue weighted by Gasteiger charge is -2.09. The van der Waals surface area contributed by atoms with Crippen LogP contribution in [0.15, 0.2) is 48.5 Å². The summed E-state index contributed by atoms with van der Waals surface area (Å²) in [4.78, 5) is 0. The maximum absolute atomic E-state index is 13.0. The van der Waals surface area contributed by atoms with Crippen molar-refractivity contribution in [2.45, 2.75) is 19.8 Å². The Kier molecular flexibility index (Phi) is 5.42. The van der Waals surface area contributed by atoms with Crippen molar-refractivity contribution in [2.75, 3.05) is 18.5 Å². The third kappa shape index (κ3) is 4.57. The number of hydrogen-bond acceptors (Lipinski definition) is 2. The number of aryl methyl sites for hydroxylation is 1. The van der Waals surface area contributed by atoms with Crippen LogP contribution in [0.25, 0.3) is 0 Å². The van der Waals surface area contributed by atoms with Crippen LogP contribution in [0.2, 0.25) is 0 Å². The van der Waals surface area contributed by atoms with Gasteiger partial charge in [0.25, 0.3) is 0 Å². The monoisotopic (exact) mass is 273 g/mol. The minimum Gasteiger partial charge on any atom is -0.493 e. The maximum atomic E-state index is 13.0. The Morgan fingerprint density at radius 1 is 1.05 bits per heavy atom. The van der Waals surface area contributed by atoms with Crippen molar-refractivity contribution >= 4 is 5.69 Å². The molecule has 0 aliphatic heterocycles. The molecule has 0 saturated carbocycles. The van der Waals surface area contributed by atoms with Crippen LogP contribution in [-0.4, -0.2) is 13.2 Å². The molecule has 0 unspecified atom stereocenters. The highest BCUT2D eigenvalue weighted by Crippen LogP contribution is 2.16. The van der Waals surface area contributed by atoms with E-state index in [0.717, 1.165) is 36.4 Å². The number of ether oxygens (including phenoxy) is 1. The van der Waals surface area contributed by atoms with Gasteiger partial charge >= 0.3 is 0 Å². The zero-order chi connectivity index (χ0) is 14.2. The maximum Gasteiger partial charge on any atom is 0.125 e. The van der Waals surface area contributed by atoms with Crippen LogP contribution in [0.5, 0.6) is 5.75 Å². The first-order valence-electron chi connectivity index (χ1n) is 6.93. The van der Waals surface area contributed by atoms with E-state index in [0.29, 0.717) is 6.61 Å². The van der Waals surface area contributed by atoms with Gasteiger partial charge in [-0.1, -0.05) is 24.3 Å². The van der Waals surface area contributed by atoms with Crippen molar-refractivity contribution in [3.8, 4) is 5.75 Å². The van der Waals surface area contributed by atoms with Gasteiger partial charge < -0.3 is 10.1 Å². The highest BCUT2D eigenvalue weighted by Gasteiger charge is 1.98. The number of anilines is 1. The molecule has 0 saturated heterocycles. The van der Waals surface area contributed by atoms with Crippen molar-refractivity contribution in [1.29, 1.82) is 0 Å². The molecular weight excluding hydrogens is 253 g/mol. The molecule has 0 heterocycles. The number of halogens is 1. The quantitative estimate of drug-likeness (QED) is 0.755. The third-order valence-corrected chi connectivity index (χ3v) is 3.08. The lowest BCUT2D eigenvalue weighted by molar-refractivity contribution is 0.306. The van der Waals surface area contributed by atoms with Gasteiger partial charge in [-0.05, 0) is 49.6 Å². The number of benzene rings is 2. The number of rotatable bonds is 7. The van der Waals surface area contributed by atoms with E-state index in [9.17, 15) is 4.39 Å². The van der Waals surface area contributed by atoms with E-state index < -0.39 is 0 Å². The SMILES string of the molecule is Cc1ccccc1OCCCCNc1cccc(F)c1. The summed E-state index contributed by atoms with van der Waals surface area (Å²) in [6, 6.07) is 14.5. The largest absolute Gasteiger partial charge is 0.493 e. The summed E-state index contributed by atoms with van der Waals surface area (Å²) >= 11 is 0. The molecule has 0 fully saturated rings. The van der Waals surface area contributed by atoms with Crippen molar-refractivity contribution in [1.82, 2.24) is 0 Å². The predicted octanol–water partition coefficient (Wildman–Crippen LogP) is 4.41. The van der Waals surface area contributed by atoms with Gasteiger partial charge in [-0.2, -0.15) is 0 Å². The molecule has 0 spiro atoms. The minimum atomic E-state index is -0.210. The molecular formula is C17H20FNO. The Hall–Kier alpha value is -2.03. The van der Waals surface area contributed by atoms with Gasteiger partial charge in [-0.15, -0.1) is 0 Å². The lowest BCUT2D eigenvalue weighted by Crippen LogP contribution is -2.05. The van der Waals surface area contributed by atoms with Crippen LogP contribution in [0, 0.1) is 12.7 Å². The Bertz CT molecular complexity index is 542. The molecule has 2 rings (SSSR count). The molecule has 0 amide bonds. The van der Waals surface area contributed by atoms with Crippen LogP contribution >= 0.6 is 0 Å². The molecule has 3 heteroatoms. The Labute approximate surface area is 119 Å². The summed E-state index contributed by atoms with van der Waals surface area (Å²) in [6.45, 7) is 3.57. The number of unbranched alkanes of at least 4 members (excludes halogenated alkanes) is 1. The van der Waals surface area contributed by atoms with Crippen molar-refractivity contribution in [2.24, 2.45) is 0 Å². The van der Waals surface area contributed by atoms with Gasteiger partial charge in [0.05, 0.1) is 6.61 Å². The molecule has 0 aliphatic carbocycles. The molecule has 0 bridgehead atoms. The standard InChI is InChI=1S/C17H20FNO/c1-14-7-2-3-10-17(14)20-12-5-4-11-19-16-9-6-8-15(18)13-16/h2-3,6-10,13,19H,4-5,11-12H2,1H3. The van der Waals surface area contributed by atoms with Gasteiger partial charge in [0, 0.05) is 12.2 Å². The van der Waals surface area contributed by atoms with Crippen molar-refractivity contribution in [3.63, 3.8) is 0 Å². The Balaban J connectivity index is 1.61. The summed E-state index contributed by atoms with van der Waals surface area (Å²) in [7, 11) is 0. The van der Waals surface area contributed by atoms with E-state index in [4.69, 9.17) is 4.74 Å². The molecule has 20 heavy (non-hydrogen) atoms. The minimum absolute atomic E-state index is 0.210. The van der Waals surface area contributed by atoms with Crippen LogP contribution in [0.3, 0.4) is 0 Å². The zero-order valence-electron chi connectivity index (χ0n) is 11.7. The normalized spacial score (nSPS) is 10.3. The zero-order valence-corrected chi connectivity index (χ0v) is 11.7. The molecule has 0 aromatic heterocycles. The number of para-hydroxylation sites is 1. The van der Waals surface area contributed by atoms with E-state index in [2.05, 4.69) is 5.32 Å². The van der Waals surface area contributed by atoms with Crippen LogP contribution in [0.1, 0.15) is 18.4 Å². The predicted molar refractivity (Wildman–Crippen MR) is 80.8 cm³/mol. The summed E-state index contributed by atoms with van der Waals surface area (Å²) in [5.41, 5.74) is 1.98. The molecule has 0 aliphatic rings. The molecule has 2 nitrogen and oxygen atoms in total. The third-order valence-electron chi connectivity index (χ3n) is 3.08. The molecule has 0 atom stereocenters. The Morgan fingerprint density at radius 2 is 1.90 bits per heavy atom. The molecule has 106 valence electrons. The number of hydrogen-bond donors (Lipinski definition) is 1. The molecule has 2 aromatic carbocycles. The first-order valence-corrected chi connectivity index (χ1v) is 6.93. The smallest absolute Gasteiger partial charge is 0.125 e. The van der Waals surface area contributed by atoms with E-state index in [-0.39, 0.29) is 5.82 Å². The summed E-state index contributed by atoms with van der Waals surface area (Å²) in [6.07, 6.45) is 1.96. The van der Waals surface area contributed by atoms with E-state index >= 15 is 0 Å². The average molecular weight is 273 g/mol. The van der Waals surface area contributed by atoms with E-state index in [1.165, 1.54) is 12.1 Å². The Morgan fingerprint density at radius 3 is 2.70 bits per heavy atom. The fraction of sp³-hybridized carbons (Fsp3) is 0.294. The van der Waals surface area contributed by atoms with Gasteiger partial charge in [-0.25, -0.2) is 4.39 Å². The van der Waals surface area contributed by atoms with Crippen LogP contribution < -0.4 is 10.1 Å². The molecule has 2 aromatic rings. The first-order chi connectivity index (χ1) is 9.75. The fourth-order valence-corrected chi connectivity index (χ4v) is 1.96. The van der Waals surface area contributed by atoms with E-state index in [1.54, 1.807) is 6.07 Å². The summed E-state index contributed by atoms with van der Waals surface area (Å²) < 4.78 is 18.7. The van der Waals surface area contributed by atoms with Gasteiger partial charge in [-0.3, -0.25) is 0 Å². The van der Waals surface area contributed by atoms with Crippen molar-refractivity contribution in [3.05, 3.63) is 59.9 Å². The topological polar surface area (TPSA) is 21.3 Å². The second kappa shape index (κ2) is 7.53. The molecule has 0 radical (unpaired) electrons. The van der Waals surface area contributed by atoms with Gasteiger partial charge in [0.2, 0.25) is 0 Å². The highest BCUT2D eigenvalue weighted by atomic mass is 19.1. The lowest BCUT2D eigenvalue weighted by atomic mass is 10.2. The highest BCUT2D eigenvalue weighted by molar-refractivity contribution is 5.42. The van der Waals surface area contributed by atoms with Gasteiger partial charge in [0.15, 0.2) is 0 Å². The second-order valence-corrected chi connectivity index (χ2v) is 4.76. The number of nitrogens with one attached hydrogen (secondary N) is 1. The van der Waals surface area contributed by atoms with Gasteiger partial charge in [0.1, 0.15) is 11.6 Å². The second-order valence-electron chi connectivity index (χ2n) is 4.76. The van der Waals surface area contributed by atoms with Crippen LogP contribution in [0.4, 0.5) is 10.1 Å². The summed E-state index contributed by atoms with van der Waals surface area (Å²) in [5.74, 6) is 0.739. The van der Waals surface area contributed by atoms with E-state index in [1.807, 2.05) is 37.3 Å². The van der Waals surface area contributed by atoms with Crippen molar-refractivity contribution < 1.29 is 9.13 Å². The van der Waals surface area contributed by atoms with Crippen LogP contribution in [-0.2, 0) is 0 Å². The molecule has 1 N–H and O–H groups in total.